The van der Waals surface area contributed by atoms with Gasteiger partial charge in [0.05, 0.1) is 0 Å². The van der Waals surface area contributed by atoms with E-state index >= 15 is 0 Å². The second-order valence-electron chi connectivity index (χ2n) is 6.50. The van der Waals surface area contributed by atoms with Crippen molar-refractivity contribution in [3.05, 3.63) is 0 Å². The van der Waals surface area contributed by atoms with E-state index < -0.39 is 0 Å². The number of aliphatic imine (C=N–C) groups is 1. The van der Waals surface area contributed by atoms with Gasteiger partial charge in [-0.15, -0.1) is 0 Å². The summed E-state index contributed by atoms with van der Waals surface area (Å²) in [7, 11) is 0. The van der Waals surface area contributed by atoms with Crippen LogP contribution in [0.4, 0.5) is 0 Å². The minimum absolute atomic E-state index is 0.771. The maximum atomic E-state index is 4.66. The number of guanidine groups is 1. The molecule has 1 saturated heterocycles. The van der Waals surface area contributed by atoms with Gasteiger partial charge < -0.3 is 15.5 Å². The molecule has 0 amide bonds. The first-order valence-electron chi connectivity index (χ1n) is 9.12. The smallest absolute Gasteiger partial charge is 0.191 e. The Bertz CT molecular complexity index is 295. The van der Waals surface area contributed by atoms with E-state index in [1.807, 2.05) is 0 Å². The largest absolute Gasteiger partial charge is 0.357 e. The number of nitrogens with one attached hydrogen (secondary N) is 2. The van der Waals surface area contributed by atoms with E-state index in [-0.39, 0.29) is 0 Å². The SMILES string of the molecule is CCNC(=NCCCC(C)C)NCCN1CCN(CC)CC1. The summed E-state index contributed by atoms with van der Waals surface area (Å²) in [5, 5.41) is 6.80. The van der Waals surface area contributed by atoms with Gasteiger partial charge in [-0.3, -0.25) is 9.89 Å². The summed E-state index contributed by atoms with van der Waals surface area (Å²) >= 11 is 0. The first-order valence-corrected chi connectivity index (χ1v) is 9.12. The van der Waals surface area contributed by atoms with Gasteiger partial charge in [-0.25, -0.2) is 0 Å². The summed E-state index contributed by atoms with van der Waals surface area (Å²) in [6.45, 7) is 18.8. The van der Waals surface area contributed by atoms with E-state index in [9.17, 15) is 0 Å². The van der Waals surface area contributed by atoms with E-state index in [0.717, 1.165) is 38.1 Å². The maximum absolute atomic E-state index is 4.66. The quantitative estimate of drug-likeness (QED) is 0.386. The highest BCUT2D eigenvalue weighted by Gasteiger charge is 2.14. The fourth-order valence-electron chi connectivity index (χ4n) is 2.69. The zero-order chi connectivity index (χ0) is 16.2. The molecule has 2 N–H and O–H groups in total. The first-order chi connectivity index (χ1) is 10.7. The molecule has 0 aromatic heterocycles. The highest BCUT2D eigenvalue weighted by atomic mass is 15.3. The van der Waals surface area contributed by atoms with E-state index in [2.05, 4.69) is 53.1 Å². The molecule has 130 valence electrons. The second-order valence-corrected chi connectivity index (χ2v) is 6.50. The van der Waals surface area contributed by atoms with E-state index in [1.54, 1.807) is 0 Å². The molecule has 1 fully saturated rings. The van der Waals surface area contributed by atoms with Crippen LogP contribution in [0.1, 0.15) is 40.5 Å². The zero-order valence-electron chi connectivity index (χ0n) is 15.2. The van der Waals surface area contributed by atoms with Crippen LogP contribution in [0.2, 0.25) is 0 Å². The lowest BCUT2D eigenvalue weighted by atomic mass is 10.1. The Morgan fingerprint density at radius 2 is 1.73 bits per heavy atom. The van der Waals surface area contributed by atoms with E-state index in [4.69, 9.17) is 0 Å². The molecule has 22 heavy (non-hydrogen) atoms. The molecular weight excluding hydrogens is 274 g/mol. The van der Waals surface area contributed by atoms with Crippen LogP contribution in [0.25, 0.3) is 0 Å². The molecule has 0 aliphatic carbocycles. The first kappa shape index (κ1) is 19.2. The molecule has 0 radical (unpaired) electrons. The van der Waals surface area contributed by atoms with Crippen LogP contribution in [0, 0.1) is 5.92 Å². The van der Waals surface area contributed by atoms with Crippen LogP contribution < -0.4 is 10.6 Å². The summed E-state index contributed by atoms with van der Waals surface area (Å²) in [4.78, 5) is 9.72. The third-order valence-corrected chi connectivity index (χ3v) is 4.19. The highest BCUT2D eigenvalue weighted by Crippen LogP contribution is 2.03. The number of nitrogens with zero attached hydrogens (tertiary/aromatic N) is 3. The molecule has 5 heteroatoms. The molecule has 5 nitrogen and oxygen atoms in total. The minimum atomic E-state index is 0.771. The van der Waals surface area contributed by atoms with Crippen molar-refractivity contribution in [1.29, 1.82) is 0 Å². The normalized spacial score (nSPS) is 18.0. The Balaban J connectivity index is 2.19. The van der Waals surface area contributed by atoms with Gasteiger partial charge in [0.2, 0.25) is 0 Å². The molecule has 0 spiro atoms. The predicted octanol–water partition coefficient (Wildman–Crippen LogP) is 1.62. The molecule has 0 atom stereocenters. The van der Waals surface area contributed by atoms with Gasteiger partial charge in [0, 0.05) is 52.4 Å². The van der Waals surface area contributed by atoms with Gasteiger partial charge in [-0.2, -0.15) is 0 Å². The van der Waals surface area contributed by atoms with E-state index in [1.165, 1.54) is 45.6 Å². The Labute approximate surface area is 137 Å². The van der Waals surface area contributed by atoms with Crippen molar-refractivity contribution >= 4 is 5.96 Å². The van der Waals surface area contributed by atoms with Crippen molar-refractivity contribution in [3.8, 4) is 0 Å². The van der Waals surface area contributed by atoms with Gasteiger partial charge in [0.25, 0.3) is 0 Å². The molecule has 1 aliphatic rings. The van der Waals surface area contributed by atoms with Crippen molar-refractivity contribution in [2.75, 3.05) is 58.9 Å². The third kappa shape index (κ3) is 8.59. The van der Waals surface area contributed by atoms with Crippen molar-refractivity contribution in [1.82, 2.24) is 20.4 Å². The zero-order valence-corrected chi connectivity index (χ0v) is 15.2. The molecule has 0 aromatic carbocycles. The topological polar surface area (TPSA) is 42.9 Å². The van der Waals surface area contributed by atoms with Gasteiger partial charge >= 0.3 is 0 Å². The molecule has 0 saturated carbocycles. The molecule has 1 heterocycles. The molecule has 0 bridgehead atoms. The highest BCUT2D eigenvalue weighted by molar-refractivity contribution is 5.79. The fraction of sp³-hybridized carbons (Fsp3) is 0.941. The van der Waals surface area contributed by atoms with Crippen LogP contribution >= 0.6 is 0 Å². The van der Waals surface area contributed by atoms with Crippen molar-refractivity contribution in [2.45, 2.75) is 40.5 Å². The van der Waals surface area contributed by atoms with Gasteiger partial charge in [0.15, 0.2) is 5.96 Å². The third-order valence-electron chi connectivity index (χ3n) is 4.19. The predicted molar refractivity (Wildman–Crippen MR) is 96.6 cm³/mol. The fourth-order valence-corrected chi connectivity index (χ4v) is 2.69. The number of likely N-dealkylation sites (N-methyl/N-ethyl adjacent to an activating group) is 1. The molecule has 1 rings (SSSR count). The van der Waals surface area contributed by atoms with Crippen LogP contribution in [0.3, 0.4) is 0 Å². The van der Waals surface area contributed by atoms with Crippen LogP contribution in [0.5, 0.6) is 0 Å². The Morgan fingerprint density at radius 1 is 1.05 bits per heavy atom. The second kappa shape index (κ2) is 11.7. The van der Waals surface area contributed by atoms with Crippen molar-refractivity contribution in [2.24, 2.45) is 10.9 Å². The number of hydrogen-bond acceptors (Lipinski definition) is 3. The van der Waals surface area contributed by atoms with Crippen LogP contribution in [-0.4, -0.2) is 74.7 Å². The average Bonchev–Trinajstić information content (AvgIpc) is 2.52. The average molecular weight is 312 g/mol. The van der Waals surface area contributed by atoms with Gasteiger partial charge in [-0.05, 0) is 32.2 Å². The van der Waals surface area contributed by atoms with E-state index in [0.29, 0.717) is 0 Å². The van der Waals surface area contributed by atoms with Gasteiger partial charge in [0.1, 0.15) is 0 Å². The lowest BCUT2D eigenvalue weighted by Crippen LogP contribution is -2.49. The monoisotopic (exact) mass is 311 g/mol. The Kier molecular flexibility index (Phi) is 10.2. The van der Waals surface area contributed by atoms with Crippen molar-refractivity contribution in [3.63, 3.8) is 0 Å². The molecule has 1 aliphatic heterocycles. The lowest BCUT2D eigenvalue weighted by Gasteiger charge is -2.34. The summed E-state index contributed by atoms with van der Waals surface area (Å²) < 4.78 is 0. The standard InChI is InChI=1S/C17H37N5/c1-5-18-17(19-9-7-8-16(3)4)20-10-11-22-14-12-21(6-2)13-15-22/h16H,5-15H2,1-4H3,(H2,18,19,20). The molecule has 0 aromatic rings. The number of rotatable bonds is 9. The maximum Gasteiger partial charge on any atom is 0.191 e. The molecular formula is C17H37N5. The summed E-state index contributed by atoms with van der Waals surface area (Å²) in [5.41, 5.74) is 0. The van der Waals surface area contributed by atoms with Crippen molar-refractivity contribution < 1.29 is 0 Å². The molecule has 0 unspecified atom stereocenters. The minimum Gasteiger partial charge on any atom is -0.357 e. The van der Waals surface area contributed by atoms with Gasteiger partial charge in [-0.1, -0.05) is 20.8 Å². The Morgan fingerprint density at radius 3 is 2.32 bits per heavy atom. The summed E-state index contributed by atoms with van der Waals surface area (Å²) in [5.74, 6) is 1.74. The summed E-state index contributed by atoms with van der Waals surface area (Å²) in [6.07, 6.45) is 2.43. The summed E-state index contributed by atoms with van der Waals surface area (Å²) in [6, 6.07) is 0. The number of piperazine rings is 1. The van der Waals surface area contributed by atoms with Crippen LogP contribution in [0.15, 0.2) is 4.99 Å². The Hall–Kier alpha value is -0.810. The number of hydrogen-bond donors (Lipinski definition) is 2. The van der Waals surface area contributed by atoms with Crippen LogP contribution in [-0.2, 0) is 0 Å². The lowest BCUT2D eigenvalue weighted by molar-refractivity contribution is 0.139.